The Morgan fingerprint density at radius 3 is 2.50 bits per heavy atom. The molecule has 1 aromatic heterocycles. The summed E-state index contributed by atoms with van der Waals surface area (Å²) in [5.41, 5.74) is 0.938. The Balaban J connectivity index is 2.85. The van der Waals surface area contributed by atoms with Crippen molar-refractivity contribution < 1.29 is 9.90 Å². The number of anilines is 1. The third-order valence-electron chi connectivity index (χ3n) is 2.60. The fraction of sp³-hybridized carbons (Fsp3) is 0.615. The van der Waals surface area contributed by atoms with Crippen LogP contribution >= 0.6 is 0 Å². The van der Waals surface area contributed by atoms with Gasteiger partial charge in [0.05, 0.1) is 0 Å². The maximum Gasteiger partial charge on any atom is 0.354 e. The first-order valence-electron chi connectivity index (χ1n) is 5.99. The molecule has 0 spiro atoms. The zero-order valence-corrected chi connectivity index (χ0v) is 11.7. The lowest BCUT2D eigenvalue weighted by Gasteiger charge is -2.23. The van der Waals surface area contributed by atoms with Crippen LogP contribution in [0.1, 0.15) is 43.4 Å². The maximum atomic E-state index is 10.9. The van der Waals surface area contributed by atoms with Crippen molar-refractivity contribution in [1.29, 1.82) is 0 Å². The highest BCUT2D eigenvalue weighted by atomic mass is 16.4. The summed E-state index contributed by atoms with van der Waals surface area (Å²) >= 11 is 0. The van der Waals surface area contributed by atoms with E-state index in [0.29, 0.717) is 11.6 Å². The third kappa shape index (κ3) is 4.31. The summed E-state index contributed by atoms with van der Waals surface area (Å²) < 4.78 is 0. The number of carbonyl (C=O) groups is 1. The van der Waals surface area contributed by atoms with E-state index in [1.807, 2.05) is 11.9 Å². The molecular formula is C13H21N3O2. The number of aromatic carboxylic acids is 1. The van der Waals surface area contributed by atoms with Gasteiger partial charge in [0.2, 0.25) is 5.95 Å². The largest absolute Gasteiger partial charge is 0.477 e. The molecule has 0 aromatic carbocycles. The zero-order chi connectivity index (χ0) is 13.9. The van der Waals surface area contributed by atoms with Gasteiger partial charge in [-0.05, 0) is 24.8 Å². The molecule has 1 N–H and O–H groups in total. The minimum absolute atomic E-state index is 0.0418. The van der Waals surface area contributed by atoms with Gasteiger partial charge >= 0.3 is 5.97 Å². The molecule has 0 unspecified atom stereocenters. The monoisotopic (exact) mass is 251 g/mol. The first-order chi connectivity index (χ1) is 8.19. The second-order valence-corrected chi connectivity index (χ2v) is 5.73. The van der Waals surface area contributed by atoms with Gasteiger partial charge in [-0.1, -0.05) is 20.8 Å². The molecule has 18 heavy (non-hydrogen) atoms. The van der Waals surface area contributed by atoms with E-state index in [1.165, 1.54) is 6.07 Å². The molecule has 0 atom stereocenters. The maximum absolute atomic E-state index is 10.9. The average molecular weight is 251 g/mol. The molecule has 100 valence electrons. The predicted octanol–water partition coefficient (Wildman–Crippen LogP) is 2.36. The fourth-order valence-electron chi connectivity index (χ4n) is 1.44. The normalized spacial score (nSPS) is 11.4. The van der Waals surface area contributed by atoms with Crippen LogP contribution in [-0.2, 0) is 0 Å². The van der Waals surface area contributed by atoms with Gasteiger partial charge in [0.25, 0.3) is 0 Å². The lowest BCUT2D eigenvalue weighted by Crippen LogP contribution is -2.25. The standard InChI is InChI=1S/C13H21N3O2/c1-9-8-10(11(17)18)15-12(14-9)16(5)7-6-13(2,3)4/h8H,6-7H2,1-5H3,(H,17,18). The molecule has 0 amide bonds. The number of aryl methyl sites for hydroxylation is 1. The molecule has 0 saturated heterocycles. The van der Waals surface area contributed by atoms with Gasteiger partial charge in [-0.15, -0.1) is 0 Å². The van der Waals surface area contributed by atoms with Gasteiger partial charge < -0.3 is 10.0 Å². The Labute approximate surface area is 108 Å². The Morgan fingerprint density at radius 1 is 1.39 bits per heavy atom. The van der Waals surface area contributed by atoms with Gasteiger partial charge in [-0.3, -0.25) is 0 Å². The summed E-state index contributed by atoms with van der Waals surface area (Å²) in [6, 6.07) is 1.48. The Hall–Kier alpha value is -1.65. The molecule has 1 rings (SSSR count). The van der Waals surface area contributed by atoms with Crippen molar-refractivity contribution in [3.63, 3.8) is 0 Å². The molecule has 0 aliphatic heterocycles. The number of nitrogens with zero attached hydrogens (tertiary/aromatic N) is 3. The summed E-state index contributed by atoms with van der Waals surface area (Å²) in [5.74, 6) is -0.553. The topological polar surface area (TPSA) is 66.3 Å². The van der Waals surface area contributed by atoms with E-state index in [4.69, 9.17) is 5.11 Å². The van der Waals surface area contributed by atoms with E-state index in [-0.39, 0.29) is 11.1 Å². The van der Waals surface area contributed by atoms with Crippen molar-refractivity contribution in [2.75, 3.05) is 18.5 Å². The summed E-state index contributed by atoms with van der Waals surface area (Å²) in [5, 5.41) is 8.97. The minimum atomic E-state index is -1.02. The third-order valence-corrected chi connectivity index (χ3v) is 2.60. The molecule has 5 nitrogen and oxygen atoms in total. The molecule has 0 aliphatic carbocycles. The molecular weight excluding hydrogens is 230 g/mol. The van der Waals surface area contributed by atoms with E-state index >= 15 is 0 Å². The highest BCUT2D eigenvalue weighted by Crippen LogP contribution is 2.19. The van der Waals surface area contributed by atoms with Crippen LogP contribution in [0.25, 0.3) is 0 Å². The molecule has 0 saturated carbocycles. The summed E-state index contributed by atoms with van der Waals surface area (Å²) in [4.78, 5) is 21.1. The van der Waals surface area contributed by atoms with Crippen LogP contribution in [0.2, 0.25) is 0 Å². The fourth-order valence-corrected chi connectivity index (χ4v) is 1.44. The van der Waals surface area contributed by atoms with Crippen LogP contribution in [0.3, 0.4) is 0 Å². The van der Waals surface area contributed by atoms with Crippen molar-refractivity contribution in [2.24, 2.45) is 5.41 Å². The van der Waals surface area contributed by atoms with E-state index in [0.717, 1.165) is 13.0 Å². The second kappa shape index (κ2) is 5.33. The van der Waals surface area contributed by atoms with E-state index in [2.05, 4.69) is 30.7 Å². The smallest absolute Gasteiger partial charge is 0.354 e. The van der Waals surface area contributed by atoms with Gasteiger partial charge in [0.1, 0.15) is 0 Å². The Kier molecular flexibility index (Phi) is 4.27. The number of carboxylic acids is 1. The predicted molar refractivity (Wildman–Crippen MR) is 71.1 cm³/mol. The van der Waals surface area contributed by atoms with Gasteiger partial charge in [0, 0.05) is 19.3 Å². The Morgan fingerprint density at radius 2 is 2.00 bits per heavy atom. The van der Waals surface area contributed by atoms with Crippen molar-refractivity contribution in [3.8, 4) is 0 Å². The summed E-state index contributed by atoms with van der Waals surface area (Å²) in [6.07, 6.45) is 0.989. The molecule has 1 heterocycles. The minimum Gasteiger partial charge on any atom is -0.477 e. The van der Waals surface area contributed by atoms with Crippen LogP contribution in [-0.4, -0.2) is 34.6 Å². The van der Waals surface area contributed by atoms with E-state index in [9.17, 15) is 4.79 Å². The number of hydrogen-bond donors (Lipinski definition) is 1. The van der Waals surface area contributed by atoms with E-state index in [1.54, 1.807) is 6.92 Å². The quantitative estimate of drug-likeness (QED) is 0.889. The summed E-state index contributed by atoms with van der Waals surface area (Å²) in [6.45, 7) is 9.07. The molecule has 0 bridgehead atoms. The zero-order valence-electron chi connectivity index (χ0n) is 11.7. The number of aromatic nitrogens is 2. The average Bonchev–Trinajstić information content (AvgIpc) is 2.23. The molecule has 0 aliphatic rings. The lowest BCUT2D eigenvalue weighted by atomic mass is 9.92. The van der Waals surface area contributed by atoms with Gasteiger partial charge in [-0.2, -0.15) is 0 Å². The number of carboxylic acid groups (broad SMARTS) is 1. The molecule has 5 heteroatoms. The van der Waals surface area contributed by atoms with Crippen molar-refractivity contribution in [1.82, 2.24) is 9.97 Å². The van der Waals surface area contributed by atoms with Crippen LogP contribution in [0.15, 0.2) is 6.07 Å². The molecule has 1 aromatic rings. The van der Waals surface area contributed by atoms with Crippen LogP contribution in [0.5, 0.6) is 0 Å². The van der Waals surface area contributed by atoms with Crippen molar-refractivity contribution >= 4 is 11.9 Å². The van der Waals surface area contributed by atoms with Gasteiger partial charge in [0.15, 0.2) is 5.69 Å². The Bertz CT molecular complexity index is 438. The SMILES string of the molecule is Cc1cc(C(=O)O)nc(N(C)CCC(C)(C)C)n1. The van der Waals surface area contributed by atoms with Crippen LogP contribution in [0.4, 0.5) is 5.95 Å². The first-order valence-corrected chi connectivity index (χ1v) is 5.99. The summed E-state index contributed by atoms with van der Waals surface area (Å²) in [7, 11) is 1.88. The number of hydrogen-bond acceptors (Lipinski definition) is 4. The lowest BCUT2D eigenvalue weighted by molar-refractivity contribution is 0.0690. The molecule has 0 radical (unpaired) electrons. The van der Waals surface area contributed by atoms with Crippen LogP contribution < -0.4 is 4.90 Å². The van der Waals surface area contributed by atoms with Crippen molar-refractivity contribution in [2.45, 2.75) is 34.1 Å². The molecule has 0 fully saturated rings. The number of rotatable bonds is 4. The highest BCUT2D eigenvalue weighted by molar-refractivity contribution is 5.85. The van der Waals surface area contributed by atoms with Crippen LogP contribution in [0, 0.1) is 12.3 Å². The van der Waals surface area contributed by atoms with Crippen molar-refractivity contribution in [3.05, 3.63) is 17.5 Å². The highest BCUT2D eigenvalue weighted by Gasteiger charge is 2.15. The second-order valence-electron chi connectivity index (χ2n) is 5.73. The van der Waals surface area contributed by atoms with E-state index < -0.39 is 5.97 Å². The first kappa shape index (κ1) is 14.4. The van der Waals surface area contributed by atoms with Gasteiger partial charge in [-0.25, -0.2) is 14.8 Å².